The van der Waals surface area contributed by atoms with E-state index in [4.69, 9.17) is 9.15 Å². The summed E-state index contributed by atoms with van der Waals surface area (Å²) >= 11 is 0. The minimum Gasteiger partial charge on any atom is -0.497 e. The zero-order valence-corrected chi connectivity index (χ0v) is 18.0. The van der Waals surface area contributed by atoms with Crippen molar-refractivity contribution in [2.24, 2.45) is 0 Å². The number of ether oxygens (including phenoxy) is 1. The molecule has 0 atom stereocenters. The van der Waals surface area contributed by atoms with Gasteiger partial charge in [-0.15, -0.1) is 0 Å². The first-order valence-corrected chi connectivity index (χ1v) is 10.5. The Balaban J connectivity index is 1.28. The molecule has 7 nitrogen and oxygen atoms in total. The highest BCUT2D eigenvalue weighted by atomic mass is 16.5. The number of hydrogen-bond acceptors (Lipinski definition) is 6. The molecule has 1 aromatic heterocycles. The van der Waals surface area contributed by atoms with E-state index in [1.807, 2.05) is 42.5 Å². The Morgan fingerprint density at radius 3 is 2.45 bits per heavy atom. The first-order valence-electron chi connectivity index (χ1n) is 10.5. The molecular weight excluding hydrogens is 392 g/mol. The van der Waals surface area contributed by atoms with Crippen LogP contribution in [0.5, 0.6) is 5.75 Å². The maximum absolute atomic E-state index is 12.7. The van der Waals surface area contributed by atoms with Gasteiger partial charge < -0.3 is 19.0 Å². The molecule has 162 valence electrons. The van der Waals surface area contributed by atoms with E-state index in [0.717, 1.165) is 37.5 Å². The summed E-state index contributed by atoms with van der Waals surface area (Å²) in [5.74, 6) is 1.31. The van der Waals surface area contributed by atoms with Crippen LogP contribution in [0.3, 0.4) is 0 Å². The molecule has 3 aromatic rings. The van der Waals surface area contributed by atoms with Gasteiger partial charge in [-0.05, 0) is 29.8 Å². The molecule has 1 aliphatic rings. The Kier molecular flexibility index (Phi) is 6.52. The Morgan fingerprint density at radius 2 is 1.77 bits per heavy atom. The molecule has 2 heterocycles. The number of nitrogens with zero attached hydrogens (tertiary/aromatic N) is 4. The predicted octanol–water partition coefficient (Wildman–Crippen LogP) is 3.28. The van der Waals surface area contributed by atoms with Crippen LogP contribution in [0.25, 0.3) is 0 Å². The van der Waals surface area contributed by atoms with Crippen LogP contribution in [-0.2, 0) is 13.1 Å². The average Bonchev–Trinajstić information content (AvgIpc) is 3.28. The molecule has 31 heavy (non-hydrogen) atoms. The summed E-state index contributed by atoms with van der Waals surface area (Å²) in [4.78, 5) is 23.4. The van der Waals surface area contributed by atoms with Crippen LogP contribution in [0.1, 0.15) is 21.9 Å². The highest BCUT2D eigenvalue weighted by molar-refractivity contribution is 5.91. The molecule has 1 aliphatic heterocycles. The molecule has 0 N–H and O–H groups in total. The molecular formula is C24H28N4O3. The van der Waals surface area contributed by atoms with Crippen LogP contribution in [-0.4, -0.2) is 61.0 Å². The number of methoxy groups -OCH3 is 1. The third-order valence-electron chi connectivity index (χ3n) is 5.55. The van der Waals surface area contributed by atoms with E-state index in [9.17, 15) is 4.79 Å². The number of hydrogen-bond donors (Lipinski definition) is 0. The zero-order chi connectivity index (χ0) is 21.6. The molecule has 0 radical (unpaired) electrons. The summed E-state index contributed by atoms with van der Waals surface area (Å²) < 4.78 is 10.8. The van der Waals surface area contributed by atoms with Gasteiger partial charge in [-0.2, -0.15) is 0 Å². The smallest absolute Gasteiger partial charge is 0.275 e. The fourth-order valence-corrected chi connectivity index (χ4v) is 3.75. The van der Waals surface area contributed by atoms with Crippen molar-refractivity contribution >= 4 is 11.6 Å². The van der Waals surface area contributed by atoms with Gasteiger partial charge in [-0.25, -0.2) is 4.98 Å². The lowest BCUT2D eigenvalue weighted by Gasteiger charge is -2.35. The number of aromatic nitrogens is 1. The van der Waals surface area contributed by atoms with Gasteiger partial charge in [0, 0.05) is 45.5 Å². The summed E-state index contributed by atoms with van der Waals surface area (Å²) in [6.07, 6.45) is 1.47. The van der Waals surface area contributed by atoms with E-state index >= 15 is 0 Å². The summed E-state index contributed by atoms with van der Waals surface area (Å²) in [7, 11) is 3.46. The van der Waals surface area contributed by atoms with Crippen molar-refractivity contribution in [3.8, 4) is 5.75 Å². The van der Waals surface area contributed by atoms with Gasteiger partial charge in [0.1, 0.15) is 12.0 Å². The maximum Gasteiger partial charge on any atom is 0.275 e. The summed E-state index contributed by atoms with van der Waals surface area (Å²) in [6, 6.07) is 18.1. The average molecular weight is 421 g/mol. The van der Waals surface area contributed by atoms with Crippen molar-refractivity contribution in [2.45, 2.75) is 13.1 Å². The summed E-state index contributed by atoms with van der Waals surface area (Å²) in [5, 5.41) is 0. The molecule has 0 bridgehead atoms. The number of oxazole rings is 1. The van der Waals surface area contributed by atoms with E-state index in [1.54, 1.807) is 19.1 Å². The molecule has 0 spiro atoms. The van der Waals surface area contributed by atoms with Gasteiger partial charge in [-0.3, -0.25) is 9.69 Å². The fraction of sp³-hybridized carbons (Fsp3) is 0.333. The highest BCUT2D eigenvalue weighted by Crippen LogP contribution is 2.21. The quantitative estimate of drug-likeness (QED) is 0.585. The lowest BCUT2D eigenvalue weighted by molar-refractivity contribution is 0.0779. The normalized spacial score (nSPS) is 14.5. The highest BCUT2D eigenvalue weighted by Gasteiger charge is 2.21. The van der Waals surface area contributed by atoms with Crippen molar-refractivity contribution in [3.05, 3.63) is 78.0 Å². The second-order valence-electron chi connectivity index (χ2n) is 7.73. The largest absolute Gasteiger partial charge is 0.497 e. The SMILES string of the molecule is COc1ccc(N2CCN(Cc3nc(C(=O)N(C)Cc4ccccc4)co3)CC2)cc1. The van der Waals surface area contributed by atoms with Crippen LogP contribution in [0.2, 0.25) is 0 Å². The van der Waals surface area contributed by atoms with E-state index < -0.39 is 0 Å². The lowest BCUT2D eigenvalue weighted by atomic mass is 10.2. The monoisotopic (exact) mass is 420 g/mol. The molecule has 0 aliphatic carbocycles. The van der Waals surface area contributed by atoms with Crippen LogP contribution >= 0.6 is 0 Å². The van der Waals surface area contributed by atoms with Crippen molar-refractivity contribution in [2.75, 3.05) is 45.2 Å². The number of carbonyl (C=O) groups excluding carboxylic acids is 1. The lowest BCUT2D eigenvalue weighted by Crippen LogP contribution is -2.46. The third kappa shape index (κ3) is 5.24. The third-order valence-corrected chi connectivity index (χ3v) is 5.55. The summed E-state index contributed by atoms with van der Waals surface area (Å²) in [5.41, 5.74) is 2.63. The van der Waals surface area contributed by atoms with Gasteiger partial charge in [0.05, 0.1) is 13.7 Å². The number of carbonyl (C=O) groups is 1. The van der Waals surface area contributed by atoms with E-state index in [-0.39, 0.29) is 5.91 Å². The van der Waals surface area contributed by atoms with Crippen LogP contribution in [0.15, 0.2) is 65.3 Å². The van der Waals surface area contributed by atoms with Crippen molar-refractivity contribution in [3.63, 3.8) is 0 Å². The Hall–Kier alpha value is -3.32. The topological polar surface area (TPSA) is 62.1 Å². The molecule has 1 amide bonds. The van der Waals surface area contributed by atoms with Gasteiger partial charge in [0.25, 0.3) is 5.91 Å². The minimum atomic E-state index is -0.136. The Labute approximate surface area is 182 Å². The Bertz CT molecular complexity index is 980. The Morgan fingerprint density at radius 1 is 1.06 bits per heavy atom. The maximum atomic E-state index is 12.7. The molecule has 1 saturated heterocycles. The van der Waals surface area contributed by atoms with E-state index in [2.05, 4.69) is 26.9 Å². The van der Waals surface area contributed by atoms with Gasteiger partial charge in [0.2, 0.25) is 5.89 Å². The van der Waals surface area contributed by atoms with Crippen LogP contribution in [0, 0.1) is 0 Å². The fourth-order valence-electron chi connectivity index (χ4n) is 3.75. The van der Waals surface area contributed by atoms with Crippen LogP contribution in [0.4, 0.5) is 5.69 Å². The molecule has 4 rings (SSSR count). The molecule has 2 aromatic carbocycles. The van der Waals surface area contributed by atoms with Crippen molar-refractivity contribution in [1.29, 1.82) is 0 Å². The number of anilines is 1. The molecule has 1 fully saturated rings. The number of benzene rings is 2. The van der Waals surface area contributed by atoms with E-state index in [0.29, 0.717) is 24.7 Å². The van der Waals surface area contributed by atoms with Crippen LogP contribution < -0.4 is 9.64 Å². The summed E-state index contributed by atoms with van der Waals surface area (Å²) in [6.45, 7) is 4.82. The van der Waals surface area contributed by atoms with Crippen molar-refractivity contribution in [1.82, 2.24) is 14.8 Å². The van der Waals surface area contributed by atoms with Gasteiger partial charge in [0.15, 0.2) is 5.69 Å². The number of amides is 1. The second-order valence-corrected chi connectivity index (χ2v) is 7.73. The first kappa shape index (κ1) is 20.9. The standard InChI is InChI=1S/C24H28N4O3/c1-26(16-19-6-4-3-5-7-19)24(29)22-18-31-23(25-22)17-27-12-14-28(15-13-27)20-8-10-21(30-2)11-9-20/h3-11,18H,12-17H2,1-2H3. The van der Waals surface area contributed by atoms with Crippen molar-refractivity contribution < 1.29 is 13.9 Å². The van der Waals surface area contributed by atoms with E-state index in [1.165, 1.54) is 12.0 Å². The minimum absolute atomic E-state index is 0.136. The number of piperazine rings is 1. The first-order chi connectivity index (χ1) is 15.1. The molecule has 0 saturated carbocycles. The molecule has 7 heteroatoms. The second kappa shape index (κ2) is 9.66. The number of rotatable bonds is 7. The van der Waals surface area contributed by atoms with Gasteiger partial charge in [-0.1, -0.05) is 30.3 Å². The molecule has 0 unspecified atom stereocenters. The predicted molar refractivity (Wildman–Crippen MR) is 119 cm³/mol. The van der Waals surface area contributed by atoms with Gasteiger partial charge >= 0.3 is 0 Å². The zero-order valence-electron chi connectivity index (χ0n) is 18.0.